The van der Waals surface area contributed by atoms with Crippen LogP contribution < -0.4 is 4.74 Å². The third-order valence-electron chi connectivity index (χ3n) is 4.23. The van der Waals surface area contributed by atoms with Crippen molar-refractivity contribution >= 4 is 17.2 Å². The third kappa shape index (κ3) is 4.96. The van der Waals surface area contributed by atoms with Gasteiger partial charge >= 0.3 is 0 Å². The van der Waals surface area contributed by atoms with Crippen LogP contribution >= 0.6 is 11.3 Å². The highest BCUT2D eigenvalue weighted by Gasteiger charge is 2.19. The van der Waals surface area contributed by atoms with E-state index in [0.717, 1.165) is 22.0 Å². The minimum Gasteiger partial charge on any atom is -0.497 e. The molecule has 0 saturated carbocycles. The maximum atomic E-state index is 12.8. The van der Waals surface area contributed by atoms with Gasteiger partial charge in [0, 0.05) is 32.6 Å². The maximum absolute atomic E-state index is 12.8. The zero-order valence-corrected chi connectivity index (χ0v) is 16.3. The van der Waals surface area contributed by atoms with E-state index in [1.807, 2.05) is 48.0 Å². The molecule has 6 nitrogen and oxygen atoms in total. The quantitative estimate of drug-likeness (QED) is 0.567. The molecule has 142 valence electrons. The van der Waals surface area contributed by atoms with Gasteiger partial charge in [0.1, 0.15) is 11.6 Å². The normalized spacial score (nSPS) is 10.7. The lowest BCUT2D eigenvalue weighted by atomic mass is 10.2. The van der Waals surface area contributed by atoms with Gasteiger partial charge in [-0.15, -0.1) is 11.3 Å². The Morgan fingerprint density at radius 1 is 1.22 bits per heavy atom. The van der Waals surface area contributed by atoms with Crippen molar-refractivity contribution in [3.05, 3.63) is 70.4 Å². The van der Waals surface area contributed by atoms with Crippen LogP contribution in [0.15, 0.2) is 54.2 Å². The lowest BCUT2D eigenvalue weighted by Crippen LogP contribution is -2.34. The average Bonchev–Trinajstić information content (AvgIpc) is 3.37. The molecular formula is C20H23N3O3S. The van der Waals surface area contributed by atoms with Crippen molar-refractivity contribution in [2.45, 2.75) is 13.1 Å². The van der Waals surface area contributed by atoms with Crippen LogP contribution in [0.4, 0.5) is 0 Å². The smallest absolute Gasteiger partial charge is 0.264 e. The van der Waals surface area contributed by atoms with Crippen LogP contribution in [0.1, 0.15) is 21.1 Å². The first-order valence-electron chi connectivity index (χ1n) is 8.66. The number of methoxy groups -OCH3 is 2. The van der Waals surface area contributed by atoms with Gasteiger partial charge in [-0.05, 0) is 29.1 Å². The maximum Gasteiger partial charge on any atom is 0.264 e. The highest BCUT2D eigenvalue weighted by molar-refractivity contribution is 7.12. The van der Waals surface area contributed by atoms with Gasteiger partial charge in [0.25, 0.3) is 5.91 Å². The van der Waals surface area contributed by atoms with E-state index in [1.165, 1.54) is 11.3 Å². The summed E-state index contributed by atoms with van der Waals surface area (Å²) in [7, 11) is 3.29. The first-order valence-corrected chi connectivity index (χ1v) is 9.54. The molecule has 2 aromatic heterocycles. The van der Waals surface area contributed by atoms with Crippen molar-refractivity contribution in [2.75, 3.05) is 27.4 Å². The van der Waals surface area contributed by atoms with E-state index >= 15 is 0 Å². The number of carbonyl (C=O) groups excluding carboxylic acids is 1. The van der Waals surface area contributed by atoms with E-state index in [-0.39, 0.29) is 5.91 Å². The summed E-state index contributed by atoms with van der Waals surface area (Å²) in [4.78, 5) is 19.8. The minimum absolute atomic E-state index is 0.000970. The number of rotatable bonds is 9. The molecule has 0 fully saturated rings. The summed E-state index contributed by atoms with van der Waals surface area (Å²) >= 11 is 1.44. The molecular weight excluding hydrogens is 362 g/mol. The Labute approximate surface area is 163 Å². The largest absolute Gasteiger partial charge is 0.497 e. The Balaban J connectivity index is 1.74. The lowest BCUT2D eigenvalue weighted by molar-refractivity contribution is 0.0678. The zero-order chi connectivity index (χ0) is 19.1. The molecule has 3 aromatic rings. The van der Waals surface area contributed by atoms with Crippen LogP contribution in [0.25, 0.3) is 0 Å². The molecule has 0 aliphatic rings. The number of hydrogen-bond donors (Lipinski definition) is 0. The van der Waals surface area contributed by atoms with Crippen molar-refractivity contribution in [1.82, 2.24) is 14.5 Å². The molecule has 2 heterocycles. The molecule has 27 heavy (non-hydrogen) atoms. The number of benzene rings is 1. The van der Waals surface area contributed by atoms with E-state index in [4.69, 9.17) is 9.47 Å². The number of hydrogen-bond acceptors (Lipinski definition) is 5. The summed E-state index contributed by atoms with van der Waals surface area (Å²) in [5.41, 5.74) is 1.14. The minimum atomic E-state index is 0.000970. The summed E-state index contributed by atoms with van der Waals surface area (Å²) in [5.74, 6) is 1.67. The summed E-state index contributed by atoms with van der Waals surface area (Å²) in [6.07, 6.45) is 3.70. The number of aromatic nitrogens is 2. The fourth-order valence-electron chi connectivity index (χ4n) is 2.74. The summed E-state index contributed by atoms with van der Waals surface area (Å²) in [5, 5.41) is 1.91. The summed E-state index contributed by atoms with van der Waals surface area (Å²) < 4.78 is 12.4. The number of thiophene rings is 1. The van der Waals surface area contributed by atoms with Crippen molar-refractivity contribution in [2.24, 2.45) is 0 Å². The predicted octanol–water partition coefficient (Wildman–Crippen LogP) is 3.29. The van der Waals surface area contributed by atoms with Gasteiger partial charge in [0.2, 0.25) is 0 Å². The second-order valence-corrected chi connectivity index (χ2v) is 6.96. The number of nitrogens with zero attached hydrogens (tertiary/aromatic N) is 3. The van der Waals surface area contributed by atoms with Crippen LogP contribution in [-0.4, -0.2) is 47.7 Å². The zero-order valence-electron chi connectivity index (χ0n) is 15.5. The highest BCUT2D eigenvalue weighted by atomic mass is 32.1. The van der Waals surface area contributed by atoms with Crippen LogP contribution in [0, 0.1) is 0 Å². The first kappa shape index (κ1) is 19.1. The molecule has 0 unspecified atom stereocenters. The van der Waals surface area contributed by atoms with Crippen molar-refractivity contribution in [1.29, 1.82) is 0 Å². The Kier molecular flexibility index (Phi) is 6.62. The summed E-state index contributed by atoms with van der Waals surface area (Å²) in [6, 6.07) is 11.7. The SMILES string of the molecule is COCCN(Cc1nccn1Cc1ccc(OC)cc1)C(=O)c1cccs1. The number of imidazole rings is 1. The monoisotopic (exact) mass is 385 g/mol. The van der Waals surface area contributed by atoms with E-state index in [2.05, 4.69) is 9.55 Å². The van der Waals surface area contributed by atoms with Gasteiger partial charge in [-0.25, -0.2) is 4.98 Å². The second-order valence-electron chi connectivity index (χ2n) is 6.02. The van der Waals surface area contributed by atoms with E-state index in [9.17, 15) is 4.79 Å². The number of amides is 1. The van der Waals surface area contributed by atoms with Crippen LogP contribution in [0.3, 0.4) is 0 Å². The van der Waals surface area contributed by atoms with Gasteiger partial charge < -0.3 is 18.9 Å². The van der Waals surface area contributed by atoms with Crippen molar-refractivity contribution in [3.63, 3.8) is 0 Å². The second kappa shape index (κ2) is 9.34. The molecule has 3 rings (SSSR count). The Morgan fingerprint density at radius 2 is 2.04 bits per heavy atom. The molecule has 0 atom stereocenters. The Hall–Kier alpha value is -2.64. The van der Waals surface area contributed by atoms with Gasteiger partial charge in [0.05, 0.1) is 25.1 Å². The topological polar surface area (TPSA) is 56.6 Å². The lowest BCUT2D eigenvalue weighted by Gasteiger charge is -2.22. The van der Waals surface area contributed by atoms with Crippen molar-refractivity contribution in [3.8, 4) is 5.75 Å². The molecule has 0 aliphatic heterocycles. The fraction of sp³-hybridized carbons (Fsp3) is 0.300. The highest BCUT2D eigenvalue weighted by Crippen LogP contribution is 2.16. The molecule has 0 N–H and O–H groups in total. The van der Waals surface area contributed by atoms with Crippen LogP contribution in [0.5, 0.6) is 5.75 Å². The van der Waals surface area contributed by atoms with Gasteiger partial charge in [0.15, 0.2) is 0 Å². The fourth-order valence-corrected chi connectivity index (χ4v) is 3.43. The molecule has 0 saturated heterocycles. The van der Waals surface area contributed by atoms with Gasteiger partial charge in [-0.3, -0.25) is 4.79 Å². The van der Waals surface area contributed by atoms with E-state index in [0.29, 0.717) is 26.2 Å². The third-order valence-corrected chi connectivity index (χ3v) is 5.09. The molecule has 0 bridgehead atoms. The molecule has 1 aromatic carbocycles. The van der Waals surface area contributed by atoms with Crippen LogP contribution in [-0.2, 0) is 17.8 Å². The predicted molar refractivity (Wildman–Crippen MR) is 105 cm³/mol. The Bertz CT molecular complexity index is 844. The number of carbonyl (C=O) groups is 1. The summed E-state index contributed by atoms with van der Waals surface area (Å²) in [6.45, 7) is 2.12. The molecule has 0 spiro atoms. The first-order chi connectivity index (χ1) is 13.2. The molecule has 7 heteroatoms. The van der Waals surface area contributed by atoms with Crippen LogP contribution in [0.2, 0.25) is 0 Å². The van der Waals surface area contributed by atoms with Crippen molar-refractivity contribution < 1.29 is 14.3 Å². The number of ether oxygens (including phenoxy) is 2. The average molecular weight is 385 g/mol. The Morgan fingerprint density at radius 3 is 2.70 bits per heavy atom. The standard InChI is InChI=1S/C20H23N3O3S/c1-25-12-11-23(20(24)18-4-3-13-27-18)15-19-21-9-10-22(19)14-16-5-7-17(26-2)8-6-16/h3-10,13H,11-12,14-15H2,1-2H3. The van der Waals surface area contributed by atoms with E-state index in [1.54, 1.807) is 25.3 Å². The molecule has 0 radical (unpaired) electrons. The van der Waals surface area contributed by atoms with E-state index < -0.39 is 0 Å². The molecule has 1 amide bonds. The van der Waals surface area contributed by atoms with Gasteiger partial charge in [-0.1, -0.05) is 18.2 Å². The van der Waals surface area contributed by atoms with Gasteiger partial charge in [-0.2, -0.15) is 0 Å². The molecule has 0 aliphatic carbocycles.